The van der Waals surface area contributed by atoms with Crippen molar-refractivity contribution in [3.8, 4) is 0 Å². The number of nitrogens with zero attached hydrogens (tertiary/aromatic N) is 1. The van der Waals surface area contributed by atoms with Crippen LogP contribution >= 0.6 is 0 Å². The van der Waals surface area contributed by atoms with Crippen molar-refractivity contribution in [1.29, 1.82) is 0 Å². The molecule has 14 heavy (non-hydrogen) atoms. The maximum atomic E-state index is 11.8. The second kappa shape index (κ2) is 7.11. The van der Waals surface area contributed by atoms with Crippen LogP contribution in [0.2, 0.25) is 0 Å². The molecule has 3 unspecified atom stereocenters. The van der Waals surface area contributed by atoms with E-state index in [0.29, 0.717) is 19.6 Å². The molecular weight excluding hydrogens is 189 g/mol. The van der Waals surface area contributed by atoms with Crippen LogP contribution in [-0.4, -0.2) is 53.1 Å². The molecule has 4 nitrogen and oxygen atoms in total. The van der Waals surface area contributed by atoms with Gasteiger partial charge in [-0.1, -0.05) is 0 Å². The van der Waals surface area contributed by atoms with E-state index in [9.17, 15) is 4.53 Å². The number of halogens is 1. The van der Waals surface area contributed by atoms with Crippen LogP contribution < -0.4 is 0 Å². The molecule has 0 radical (unpaired) electrons. The average Bonchev–Trinajstić information content (AvgIpc) is 2.01. The fourth-order valence-electron chi connectivity index (χ4n) is 1.36. The number of aliphatic hydroxyl groups is 2. The van der Waals surface area contributed by atoms with Crippen molar-refractivity contribution in [2.24, 2.45) is 0 Å². The van der Waals surface area contributed by atoms with Crippen molar-refractivity contribution in [3.05, 3.63) is 0 Å². The van der Waals surface area contributed by atoms with Crippen LogP contribution in [0, 0.1) is 0 Å². The van der Waals surface area contributed by atoms with Gasteiger partial charge in [-0.15, -0.1) is 0 Å². The zero-order chi connectivity index (χ0) is 11.1. The highest BCUT2D eigenvalue weighted by Crippen LogP contribution is 2.00. The van der Waals surface area contributed by atoms with Crippen molar-refractivity contribution in [3.63, 3.8) is 0 Å². The molecule has 0 aromatic rings. The summed E-state index contributed by atoms with van der Waals surface area (Å²) >= 11 is 0. The van der Waals surface area contributed by atoms with Crippen molar-refractivity contribution in [2.45, 2.75) is 39.1 Å². The Kier molecular flexibility index (Phi) is 7.00. The van der Waals surface area contributed by atoms with Gasteiger partial charge < -0.3 is 10.2 Å². The molecular formula is C9H20FNO3. The van der Waals surface area contributed by atoms with Crippen molar-refractivity contribution in [1.82, 2.24) is 4.90 Å². The van der Waals surface area contributed by atoms with E-state index in [0.717, 1.165) is 0 Å². The summed E-state index contributed by atoms with van der Waals surface area (Å²) in [6.45, 7) is 6.05. The lowest BCUT2D eigenvalue weighted by Crippen LogP contribution is -2.40. The SMILES string of the molecule is CC(O)CN(CC(C)O)CC(C)OF. The molecule has 0 aliphatic heterocycles. The first-order valence-electron chi connectivity index (χ1n) is 4.81. The van der Waals surface area contributed by atoms with Crippen LogP contribution in [0.4, 0.5) is 4.53 Å². The van der Waals surface area contributed by atoms with E-state index in [1.54, 1.807) is 25.7 Å². The van der Waals surface area contributed by atoms with E-state index in [-0.39, 0.29) is 0 Å². The van der Waals surface area contributed by atoms with Gasteiger partial charge in [0.1, 0.15) is 6.10 Å². The van der Waals surface area contributed by atoms with Gasteiger partial charge in [0.15, 0.2) is 0 Å². The van der Waals surface area contributed by atoms with Crippen molar-refractivity contribution < 1.29 is 19.7 Å². The first kappa shape index (κ1) is 13.8. The highest BCUT2D eigenvalue weighted by atomic mass is 19.3. The summed E-state index contributed by atoms with van der Waals surface area (Å²) in [6.07, 6.45) is -1.55. The Balaban J connectivity index is 3.96. The normalized spacial score (nSPS) is 18.2. The van der Waals surface area contributed by atoms with Gasteiger partial charge in [-0.3, -0.25) is 4.90 Å². The number of aliphatic hydroxyl groups excluding tert-OH is 2. The van der Waals surface area contributed by atoms with Crippen LogP contribution in [-0.2, 0) is 4.94 Å². The van der Waals surface area contributed by atoms with Gasteiger partial charge in [0, 0.05) is 19.6 Å². The third-order valence-electron chi connectivity index (χ3n) is 1.71. The summed E-state index contributed by atoms with van der Waals surface area (Å²) in [7, 11) is 0. The zero-order valence-corrected chi connectivity index (χ0v) is 8.98. The van der Waals surface area contributed by atoms with Gasteiger partial charge in [-0.25, -0.2) is 0 Å². The molecule has 0 rings (SSSR count). The first-order chi connectivity index (χ1) is 6.45. The van der Waals surface area contributed by atoms with Gasteiger partial charge in [-0.05, 0) is 25.3 Å². The lowest BCUT2D eigenvalue weighted by molar-refractivity contribution is -0.179. The second-order valence-corrected chi connectivity index (χ2v) is 3.82. The highest BCUT2D eigenvalue weighted by molar-refractivity contribution is 4.67. The van der Waals surface area contributed by atoms with Gasteiger partial charge in [0.05, 0.1) is 12.2 Å². The molecule has 0 aliphatic rings. The topological polar surface area (TPSA) is 52.9 Å². The van der Waals surface area contributed by atoms with E-state index < -0.39 is 18.3 Å². The summed E-state index contributed by atoms with van der Waals surface area (Å²) < 4.78 is 11.8. The molecule has 0 aromatic heterocycles. The maximum absolute atomic E-state index is 11.8. The van der Waals surface area contributed by atoms with Gasteiger partial charge in [0.2, 0.25) is 0 Å². The summed E-state index contributed by atoms with van der Waals surface area (Å²) in [5.41, 5.74) is 0. The molecule has 0 saturated heterocycles. The van der Waals surface area contributed by atoms with E-state index in [1.807, 2.05) is 0 Å². The Bertz CT molecular complexity index is 134. The van der Waals surface area contributed by atoms with Gasteiger partial charge in [0.25, 0.3) is 0 Å². The average molecular weight is 209 g/mol. The van der Waals surface area contributed by atoms with Crippen LogP contribution in [0.15, 0.2) is 0 Å². The second-order valence-electron chi connectivity index (χ2n) is 3.82. The molecule has 0 aliphatic carbocycles. The smallest absolute Gasteiger partial charge is 0.108 e. The Morgan fingerprint density at radius 2 is 1.50 bits per heavy atom. The maximum Gasteiger partial charge on any atom is 0.108 e. The Labute approximate surface area is 84.2 Å². The molecule has 3 atom stereocenters. The summed E-state index contributed by atoms with van der Waals surface area (Å²) in [4.78, 5) is 5.40. The largest absolute Gasteiger partial charge is 0.392 e. The van der Waals surface area contributed by atoms with E-state index in [4.69, 9.17) is 10.2 Å². The number of hydrogen-bond acceptors (Lipinski definition) is 4. The van der Waals surface area contributed by atoms with Gasteiger partial charge >= 0.3 is 0 Å². The molecule has 0 amide bonds. The lowest BCUT2D eigenvalue weighted by atomic mass is 10.2. The standard InChI is InChI=1S/C9H20FNO3/c1-7(12)4-11(5-8(2)13)6-9(3)14-10/h7-9,12-13H,4-6H2,1-3H3. The Morgan fingerprint density at radius 1 is 1.07 bits per heavy atom. The molecule has 0 saturated carbocycles. The van der Waals surface area contributed by atoms with E-state index in [2.05, 4.69) is 4.94 Å². The Morgan fingerprint density at radius 3 is 1.79 bits per heavy atom. The van der Waals surface area contributed by atoms with Crippen LogP contribution in [0.5, 0.6) is 0 Å². The minimum Gasteiger partial charge on any atom is -0.392 e. The fourth-order valence-corrected chi connectivity index (χ4v) is 1.36. The molecule has 0 fully saturated rings. The third kappa shape index (κ3) is 7.20. The molecule has 5 heteroatoms. The monoisotopic (exact) mass is 209 g/mol. The van der Waals surface area contributed by atoms with Crippen LogP contribution in [0.3, 0.4) is 0 Å². The minimum atomic E-state index is -0.549. The van der Waals surface area contributed by atoms with Crippen molar-refractivity contribution in [2.75, 3.05) is 19.6 Å². The van der Waals surface area contributed by atoms with E-state index in [1.165, 1.54) is 0 Å². The first-order valence-corrected chi connectivity index (χ1v) is 4.81. The van der Waals surface area contributed by atoms with Crippen LogP contribution in [0.25, 0.3) is 0 Å². The molecule has 0 aromatic carbocycles. The fraction of sp³-hybridized carbons (Fsp3) is 1.00. The molecule has 0 bridgehead atoms. The van der Waals surface area contributed by atoms with E-state index >= 15 is 0 Å². The highest BCUT2D eigenvalue weighted by Gasteiger charge is 2.14. The lowest BCUT2D eigenvalue weighted by Gasteiger charge is -2.26. The van der Waals surface area contributed by atoms with Crippen molar-refractivity contribution >= 4 is 0 Å². The number of hydrogen-bond donors (Lipinski definition) is 2. The minimum absolute atomic E-state index is 0.353. The predicted molar refractivity (Wildman–Crippen MR) is 51.5 cm³/mol. The summed E-state index contributed by atoms with van der Waals surface area (Å²) in [5, 5.41) is 18.3. The summed E-state index contributed by atoms with van der Waals surface area (Å²) in [5.74, 6) is 0. The quantitative estimate of drug-likeness (QED) is 0.635. The van der Waals surface area contributed by atoms with Crippen LogP contribution in [0.1, 0.15) is 20.8 Å². The molecule has 0 heterocycles. The summed E-state index contributed by atoms with van der Waals surface area (Å²) in [6, 6.07) is 0. The molecule has 0 spiro atoms. The zero-order valence-electron chi connectivity index (χ0n) is 8.98. The third-order valence-corrected chi connectivity index (χ3v) is 1.71. The predicted octanol–water partition coefficient (Wildman–Crippen LogP) is 0.340. The van der Waals surface area contributed by atoms with Gasteiger partial charge in [-0.2, -0.15) is 4.94 Å². The Hall–Kier alpha value is -0.230. The number of rotatable bonds is 7. The molecule has 2 N–H and O–H groups in total. The molecule has 86 valence electrons.